The lowest BCUT2D eigenvalue weighted by Crippen LogP contribution is -2.16. The van der Waals surface area contributed by atoms with Gasteiger partial charge in [-0.15, -0.1) is 11.3 Å². The first-order valence-electron chi connectivity index (χ1n) is 7.03. The first-order chi connectivity index (χ1) is 11.2. The smallest absolute Gasteiger partial charge is 0.264 e. The average molecular weight is 347 g/mol. The molecule has 23 heavy (non-hydrogen) atoms. The minimum absolute atomic E-state index is 0.148. The third-order valence-electron chi connectivity index (χ3n) is 3.50. The highest BCUT2D eigenvalue weighted by Gasteiger charge is 2.18. The maximum atomic E-state index is 12.0. The van der Waals surface area contributed by atoms with Crippen molar-refractivity contribution in [3.05, 3.63) is 41.0 Å². The molecule has 0 fully saturated rings. The van der Waals surface area contributed by atoms with E-state index in [1.807, 2.05) is 16.7 Å². The summed E-state index contributed by atoms with van der Waals surface area (Å²) in [5, 5.41) is 3.55. The van der Waals surface area contributed by atoms with Gasteiger partial charge in [-0.2, -0.15) is 11.8 Å². The molecule has 7 heteroatoms. The number of hydrogen-bond donors (Lipinski definition) is 1. The van der Waals surface area contributed by atoms with Gasteiger partial charge in [-0.05, 0) is 24.0 Å². The van der Waals surface area contributed by atoms with E-state index in [-0.39, 0.29) is 5.91 Å². The Kier molecular flexibility index (Phi) is 4.58. The van der Waals surface area contributed by atoms with Gasteiger partial charge in [0.15, 0.2) is 0 Å². The predicted octanol–water partition coefficient (Wildman–Crippen LogP) is 3.32. The zero-order chi connectivity index (χ0) is 16.4. The molecule has 5 nitrogen and oxygen atoms in total. The van der Waals surface area contributed by atoms with E-state index in [1.54, 1.807) is 32.2 Å². The molecule has 0 radical (unpaired) electrons. The summed E-state index contributed by atoms with van der Waals surface area (Å²) in [6.07, 6.45) is 3.87. The molecular formula is C16H17N3O2S2. The van der Waals surface area contributed by atoms with E-state index in [0.717, 1.165) is 21.8 Å². The molecule has 0 aliphatic carbocycles. The van der Waals surface area contributed by atoms with Gasteiger partial charge in [0.05, 0.1) is 18.1 Å². The first kappa shape index (κ1) is 15.9. The van der Waals surface area contributed by atoms with Crippen LogP contribution in [0.1, 0.15) is 15.2 Å². The van der Waals surface area contributed by atoms with Gasteiger partial charge in [0.25, 0.3) is 5.91 Å². The quantitative estimate of drug-likeness (QED) is 0.769. The lowest BCUT2D eigenvalue weighted by Gasteiger charge is -2.02. The highest BCUT2D eigenvalue weighted by molar-refractivity contribution is 7.97. The highest BCUT2D eigenvalue weighted by Crippen LogP contribution is 2.33. The third kappa shape index (κ3) is 2.94. The predicted molar refractivity (Wildman–Crippen MR) is 96.1 cm³/mol. The van der Waals surface area contributed by atoms with Crippen LogP contribution < -0.4 is 10.1 Å². The van der Waals surface area contributed by atoms with Crippen LogP contribution in [-0.2, 0) is 5.75 Å². The number of imidazole rings is 1. The van der Waals surface area contributed by atoms with E-state index in [0.29, 0.717) is 10.6 Å². The van der Waals surface area contributed by atoms with Gasteiger partial charge in [-0.25, -0.2) is 4.98 Å². The molecule has 0 spiro atoms. The normalized spacial score (nSPS) is 10.9. The van der Waals surface area contributed by atoms with Crippen molar-refractivity contribution >= 4 is 40.0 Å². The number of amides is 1. The lowest BCUT2D eigenvalue weighted by molar-refractivity contribution is 0.0964. The SMILES string of the molecule is CNC(=O)c1sc(-n2cnc3ccc(CSC)cc32)cc1OC. The molecule has 3 aromatic rings. The fourth-order valence-electron chi connectivity index (χ4n) is 2.39. The zero-order valence-corrected chi connectivity index (χ0v) is 14.8. The molecule has 3 rings (SSSR count). The second-order valence-electron chi connectivity index (χ2n) is 4.93. The average Bonchev–Trinajstić information content (AvgIpc) is 3.17. The molecule has 0 aliphatic heterocycles. The number of nitrogens with zero attached hydrogens (tertiary/aromatic N) is 2. The van der Waals surface area contributed by atoms with Gasteiger partial charge in [-0.1, -0.05) is 6.07 Å². The summed E-state index contributed by atoms with van der Waals surface area (Å²) in [5.74, 6) is 1.38. The maximum absolute atomic E-state index is 12.0. The van der Waals surface area contributed by atoms with E-state index in [1.165, 1.54) is 16.9 Å². The number of hydrogen-bond acceptors (Lipinski definition) is 5. The third-order valence-corrected chi connectivity index (χ3v) is 5.23. The van der Waals surface area contributed by atoms with E-state index in [2.05, 4.69) is 28.7 Å². The molecule has 1 aromatic carbocycles. The first-order valence-corrected chi connectivity index (χ1v) is 9.24. The van der Waals surface area contributed by atoms with E-state index < -0.39 is 0 Å². The summed E-state index contributed by atoms with van der Waals surface area (Å²) in [7, 11) is 3.18. The van der Waals surface area contributed by atoms with Crippen LogP contribution in [0, 0.1) is 0 Å². The van der Waals surface area contributed by atoms with Crippen molar-refractivity contribution in [3.63, 3.8) is 0 Å². The van der Waals surface area contributed by atoms with Crippen LogP contribution in [0.25, 0.3) is 16.0 Å². The van der Waals surface area contributed by atoms with E-state index in [4.69, 9.17) is 4.74 Å². The summed E-state index contributed by atoms with van der Waals surface area (Å²) >= 11 is 3.17. The van der Waals surface area contributed by atoms with Crippen molar-refractivity contribution in [2.75, 3.05) is 20.4 Å². The number of nitrogens with one attached hydrogen (secondary N) is 1. The van der Waals surface area contributed by atoms with Crippen molar-refractivity contribution in [3.8, 4) is 10.8 Å². The number of aromatic nitrogens is 2. The molecule has 0 unspecified atom stereocenters. The number of thiophene rings is 1. The Bertz CT molecular complexity index is 854. The van der Waals surface area contributed by atoms with Gasteiger partial charge in [0.1, 0.15) is 22.0 Å². The zero-order valence-electron chi connectivity index (χ0n) is 13.1. The maximum Gasteiger partial charge on any atom is 0.264 e. The Morgan fingerprint density at radius 3 is 2.96 bits per heavy atom. The Labute approximate surface area is 142 Å². The number of fused-ring (bicyclic) bond motifs is 1. The van der Waals surface area contributed by atoms with E-state index in [9.17, 15) is 4.79 Å². The number of carbonyl (C=O) groups excluding carboxylic acids is 1. The van der Waals surface area contributed by atoms with Crippen molar-refractivity contribution in [1.82, 2.24) is 14.9 Å². The molecule has 2 aromatic heterocycles. The molecule has 120 valence electrons. The Morgan fingerprint density at radius 1 is 1.43 bits per heavy atom. The number of thioether (sulfide) groups is 1. The monoisotopic (exact) mass is 347 g/mol. The molecular weight excluding hydrogens is 330 g/mol. The fraction of sp³-hybridized carbons (Fsp3) is 0.250. The topological polar surface area (TPSA) is 56.2 Å². The van der Waals surface area contributed by atoms with Crippen LogP contribution in [0.5, 0.6) is 5.75 Å². The van der Waals surface area contributed by atoms with Gasteiger partial charge < -0.3 is 10.1 Å². The minimum atomic E-state index is -0.148. The second-order valence-corrected chi connectivity index (χ2v) is 6.83. The summed E-state index contributed by atoms with van der Waals surface area (Å²) in [4.78, 5) is 17.0. The molecule has 2 heterocycles. The van der Waals surface area contributed by atoms with Gasteiger partial charge in [0, 0.05) is 18.9 Å². The molecule has 0 bridgehead atoms. The number of benzene rings is 1. The summed E-state index contributed by atoms with van der Waals surface area (Å²) < 4.78 is 7.33. The summed E-state index contributed by atoms with van der Waals surface area (Å²) in [6, 6.07) is 8.14. The number of carbonyl (C=O) groups is 1. The molecule has 0 saturated heterocycles. The van der Waals surface area contributed by atoms with Crippen molar-refractivity contribution < 1.29 is 9.53 Å². The van der Waals surface area contributed by atoms with Crippen molar-refractivity contribution in [2.24, 2.45) is 0 Å². The van der Waals surface area contributed by atoms with E-state index >= 15 is 0 Å². The van der Waals surface area contributed by atoms with Crippen molar-refractivity contribution in [1.29, 1.82) is 0 Å². The highest BCUT2D eigenvalue weighted by atomic mass is 32.2. The largest absolute Gasteiger partial charge is 0.495 e. The van der Waals surface area contributed by atoms with Gasteiger partial charge in [0.2, 0.25) is 0 Å². The van der Waals surface area contributed by atoms with Crippen molar-refractivity contribution in [2.45, 2.75) is 5.75 Å². The number of rotatable bonds is 5. The standard InChI is InChI=1S/C16H17N3O2S2/c1-17-16(20)15-13(21-2)7-14(23-15)19-9-18-11-5-4-10(8-22-3)6-12(11)19/h4-7,9H,8H2,1-3H3,(H,17,20). The van der Waals surface area contributed by atoms with Crippen LogP contribution in [0.3, 0.4) is 0 Å². The second kappa shape index (κ2) is 6.64. The Balaban J connectivity index is 2.11. The van der Waals surface area contributed by atoms with Crippen LogP contribution in [0.2, 0.25) is 0 Å². The Morgan fingerprint density at radius 2 is 2.26 bits per heavy atom. The van der Waals surface area contributed by atoms with Gasteiger partial charge >= 0.3 is 0 Å². The molecule has 0 atom stereocenters. The molecule has 0 aliphatic rings. The number of methoxy groups -OCH3 is 1. The van der Waals surface area contributed by atoms with Gasteiger partial charge in [-0.3, -0.25) is 9.36 Å². The Hall–Kier alpha value is -1.99. The summed E-state index contributed by atoms with van der Waals surface area (Å²) in [5.41, 5.74) is 3.22. The lowest BCUT2D eigenvalue weighted by atomic mass is 10.2. The van der Waals surface area contributed by atoms with Crippen LogP contribution in [0.4, 0.5) is 0 Å². The van der Waals surface area contributed by atoms with Crippen LogP contribution in [0.15, 0.2) is 30.6 Å². The summed E-state index contributed by atoms with van der Waals surface area (Å²) in [6.45, 7) is 0. The molecule has 1 amide bonds. The molecule has 1 N–H and O–H groups in total. The molecule has 0 saturated carbocycles. The fourth-order valence-corrected chi connectivity index (χ4v) is 3.96. The minimum Gasteiger partial charge on any atom is -0.495 e. The van der Waals surface area contributed by atoms with Crippen LogP contribution >= 0.6 is 23.1 Å². The number of ether oxygens (including phenoxy) is 1. The van der Waals surface area contributed by atoms with Crippen LogP contribution in [-0.4, -0.2) is 35.9 Å².